The second kappa shape index (κ2) is 8.58. The van der Waals surface area contributed by atoms with E-state index in [1.807, 2.05) is 13.0 Å². The number of hydrogen-bond donors (Lipinski definition) is 0. The van der Waals surface area contributed by atoms with E-state index in [1.165, 1.54) is 7.11 Å². The van der Waals surface area contributed by atoms with Gasteiger partial charge in [0.1, 0.15) is 23.0 Å². The standard InChI is InChI=1S/C22H25F3N2O3/c1-4-17(29-16-9-8-15(13-26)18(12-16)28-3)19-14(2)27-20(30-19)21(22(23,24)25)10-6-5-7-11-21/h8-9,12,17H,4-7,10-11H2,1-3H3. The van der Waals surface area contributed by atoms with Gasteiger partial charge in [0.15, 0.2) is 11.9 Å². The van der Waals surface area contributed by atoms with E-state index in [4.69, 9.17) is 19.2 Å². The first kappa shape index (κ1) is 22.0. The molecule has 1 aliphatic rings. The van der Waals surface area contributed by atoms with E-state index in [-0.39, 0.29) is 18.7 Å². The number of nitriles is 1. The van der Waals surface area contributed by atoms with Crippen molar-refractivity contribution in [3.8, 4) is 17.6 Å². The fraction of sp³-hybridized carbons (Fsp3) is 0.545. The van der Waals surface area contributed by atoms with Crippen molar-refractivity contribution in [3.05, 3.63) is 41.1 Å². The zero-order valence-electron chi connectivity index (χ0n) is 17.3. The van der Waals surface area contributed by atoms with Gasteiger partial charge < -0.3 is 13.9 Å². The monoisotopic (exact) mass is 422 g/mol. The van der Waals surface area contributed by atoms with Crippen LogP contribution in [0.3, 0.4) is 0 Å². The summed E-state index contributed by atoms with van der Waals surface area (Å²) in [5.74, 6) is 0.822. The lowest BCUT2D eigenvalue weighted by molar-refractivity contribution is -0.206. The molecule has 1 saturated carbocycles. The van der Waals surface area contributed by atoms with Gasteiger partial charge >= 0.3 is 6.18 Å². The molecule has 3 rings (SSSR count). The lowest BCUT2D eigenvalue weighted by Crippen LogP contribution is -2.44. The number of halogens is 3. The van der Waals surface area contributed by atoms with Crippen LogP contribution in [0.5, 0.6) is 11.5 Å². The van der Waals surface area contributed by atoms with Crippen molar-refractivity contribution in [2.45, 2.75) is 70.1 Å². The molecule has 5 nitrogen and oxygen atoms in total. The first-order valence-corrected chi connectivity index (χ1v) is 10.0. The van der Waals surface area contributed by atoms with Crippen molar-refractivity contribution in [2.24, 2.45) is 0 Å². The van der Waals surface area contributed by atoms with E-state index in [0.717, 1.165) is 6.42 Å². The normalized spacial score (nSPS) is 17.2. The second-order valence-corrected chi connectivity index (χ2v) is 7.60. The van der Waals surface area contributed by atoms with Gasteiger partial charge in [-0.1, -0.05) is 26.2 Å². The number of benzene rings is 1. The summed E-state index contributed by atoms with van der Waals surface area (Å²) in [6, 6.07) is 6.79. The van der Waals surface area contributed by atoms with Gasteiger partial charge in [-0.2, -0.15) is 18.4 Å². The predicted molar refractivity (Wildman–Crippen MR) is 103 cm³/mol. The van der Waals surface area contributed by atoms with Crippen LogP contribution >= 0.6 is 0 Å². The molecule has 0 spiro atoms. The second-order valence-electron chi connectivity index (χ2n) is 7.60. The maximum atomic E-state index is 14.0. The molecule has 1 heterocycles. The van der Waals surface area contributed by atoms with Crippen LogP contribution in [0.15, 0.2) is 22.6 Å². The van der Waals surface area contributed by atoms with Crippen LogP contribution in [-0.4, -0.2) is 18.3 Å². The number of aryl methyl sites for hydroxylation is 1. The fourth-order valence-electron chi connectivity index (χ4n) is 4.01. The number of rotatable bonds is 6. The highest BCUT2D eigenvalue weighted by Gasteiger charge is 2.59. The highest BCUT2D eigenvalue weighted by Crippen LogP contribution is 2.51. The Bertz CT molecular complexity index is 925. The Hall–Kier alpha value is -2.69. The smallest absolute Gasteiger partial charge is 0.403 e. The number of nitrogens with zero attached hydrogens (tertiary/aromatic N) is 2. The molecule has 1 aromatic carbocycles. The minimum absolute atomic E-state index is 0.0135. The lowest BCUT2D eigenvalue weighted by atomic mass is 9.73. The van der Waals surface area contributed by atoms with Gasteiger partial charge in [-0.25, -0.2) is 4.98 Å². The molecule has 1 atom stereocenters. The number of hydrogen-bond acceptors (Lipinski definition) is 5. The Morgan fingerprint density at radius 2 is 1.97 bits per heavy atom. The van der Waals surface area contributed by atoms with E-state index < -0.39 is 17.7 Å². The molecule has 2 aromatic rings. The van der Waals surface area contributed by atoms with E-state index in [2.05, 4.69) is 4.98 Å². The number of alkyl halides is 3. The van der Waals surface area contributed by atoms with Crippen LogP contribution in [0.2, 0.25) is 0 Å². The molecule has 162 valence electrons. The van der Waals surface area contributed by atoms with Crippen molar-refractivity contribution < 1.29 is 27.1 Å². The number of aromatic nitrogens is 1. The molecular weight excluding hydrogens is 397 g/mol. The third kappa shape index (κ3) is 3.98. The molecule has 0 saturated heterocycles. The van der Waals surface area contributed by atoms with Crippen molar-refractivity contribution in [3.63, 3.8) is 0 Å². The van der Waals surface area contributed by atoms with Gasteiger partial charge in [0.25, 0.3) is 0 Å². The van der Waals surface area contributed by atoms with Gasteiger partial charge in [0.05, 0.1) is 18.4 Å². The molecule has 1 aliphatic carbocycles. The predicted octanol–water partition coefficient (Wildman–Crippen LogP) is 6.16. The van der Waals surface area contributed by atoms with Gasteiger partial charge in [-0.3, -0.25) is 0 Å². The Balaban J connectivity index is 1.93. The Kier molecular flexibility index (Phi) is 6.30. The van der Waals surface area contributed by atoms with E-state index in [9.17, 15) is 13.2 Å². The maximum absolute atomic E-state index is 14.0. The molecule has 30 heavy (non-hydrogen) atoms. The molecule has 0 radical (unpaired) electrons. The first-order chi connectivity index (χ1) is 14.3. The van der Waals surface area contributed by atoms with Crippen molar-refractivity contribution in [2.75, 3.05) is 7.11 Å². The Morgan fingerprint density at radius 1 is 1.27 bits per heavy atom. The summed E-state index contributed by atoms with van der Waals surface area (Å²) < 4.78 is 59.1. The summed E-state index contributed by atoms with van der Waals surface area (Å²) in [4.78, 5) is 4.21. The molecule has 0 aliphatic heterocycles. The third-order valence-electron chi connectivity index (χ3n) is 5.73. The van der Waals surface area contributed by atoms with Crippen molar-refractivity contribution in [1.82, 2.24) is 4.98 Å². The first-order valence-electron chi connectivity index (χ1n) is 10.0. The van der Waals surface area contributed by atoms with Gasteiger partial charge in [-0.05, 0) is 38.3 Å². The highest BCUT2D eigenvalue weighted by molar-refractivity contribution is 5.47. The quantitative estimate of drug-likeness (QED) is 0.558. The molecule has 0 N–H and O–H groups in total. The molecule has 0 bridgehead atoms. The van der Waals surface area contributed by atoms with Crippen LogP contribution in [0.25, 0.3) is 0 Å². The fourth-order valence-corrected chi connectivity index (χ4v) is 4.01. The number of methoxy groups -OCH3 is 1. The molecule has 1 fully saturated rings. The minimum atomic E-state index is -4.43. The van der Waals surface area contributed by atoms with E-state index in [1.54, 1.807) is 25.1 Å². The van der Waals surface area contributed by atoms with Gasteiger partial charge in [0.2, 0.25) is 5.89 Å². The number of ether oxygens (including phenoxy) is 2. The van der Waals surface area contributed by atoms with Crippen molar-refractivity contribution >= 4 is 0 Å². The molecule has 1 aromatic heterocycles. The van der Waals surface area contributed by atoms with Crippen LogP contribution in [0.4, 0.5) is 13.2 Å². The van der Waals surface area contributed by atoms with Crippen LogP contribution in [0.1, 0.15) is 74.5 Å². The summed E-state index contributed by atoms with van der Waals surface area (Å²) in [5, 5.41) is 9.11. The largest absolute Gasteiger partial charge is 0.495 e. The zero-order valence-corrected chi connectivity index (χ0v) is 17.3. The van der Waals surface area contributed by atoms with Gasteiger partial charge in [-0.15, -0.1) is 0 Å². The topological polar surface area (TPSA) is 68.3 Å². The van der Waals surface area contributed by atoms with Crippen LogP contribution in [0, 0.1) is 18.3 Å². The van der Waals surface area contributed by atoms with Crippen LogP contribution < -0.4 is 9.47 Å². The lowest BCUT2D eigenvalue weighted by Gasteiger charge is -2.36. The SMILES string of the molecule is CCC(Oc1ccc(C#N)c(OC)c1)c1oc(C2(C(F)(F)F)CCCCC2)nc1C. The van der Waals surface area contributed by atoms with Gasteiger partial charge in [0, 0.05) is 6.07 Å². The minimum Gasteiger partial charge on any atom is -0.495 e. The summed E-state index contributed by atoms with van der Waals surface area (Å²) in [7, 11) is 1.45. The van der Waals surface area contributed by atoms with Crippen LogP contribution in [-0.2, 0) is 5.41 Å². The summed E-state index contributed by atoms with van der Waals surface area (Å²) in [6.45, 7) is 3.49. The molecule has 1 unspecified atom stereocenters. The average Bonchev–Trinajstić information content (AvgIpc) is 3.13. The molecule has 8 heteroatoms. The summed E-state index contributed by atoms with van der Waals surface area (Å²) in [5.41, 5.74) is -1.28. The Morgan fingerprint density at radius 3 is 2.53 bits per heavy atom. The highest BCUT2D eigenvalue weighted by atomic mass is 19.4. The zero-order chi connectivity index (χ0) is 21.9. The average molecular weight is 422 g/mol. The summed E-state index contributed by atoms with van der Waals surface area (Å²) in [6.07, 6.45) is -2.82. The molecular formula is C22H25F3N2O3. The maximum Gasteiger partial charge on any atom is 0.403 e. The third-order valence-corrected chi connectivity index (χ3v) is 5.73. The van der Waals surface area contributed by atoms with E-state index >= 15 is 0 Å². The van der Waals surface area contributed by atoms with E-state index in [0.29, 0.717) is 47.8 Å². The molecule has 0 amide bonds. The number of oxazole rings is 1. The van der Waals surface area contributed by atoms with Crippen molar-refractivity contribution in [1.29, 1.82) is 5.26 Å². The summed E-state index contributed by atoms with van der Waals surface area (Å²) >= 11 is 0. The Labute approximate surface area is 173 Å².